The highest BCUT2D eigenvalue weighted by molar-refractivity contribution is 5.08. The second-order valence-electron chi connectivity index (χ2n) is 5.59. The molecule has 1 atom stereocenters. The van der Waals surface area contributed by atoms with Crippen molar-refractivity contribution in [3.8, 4) is 0 Å². The molecule has 2 fully saturated rings. The fourth-order valence-corrected chi connectivity index (χ4v) is 4.04. The van der Waals surface area contributed by atoms with Gasteiger partial charge in [0.25, 0.3) is 0 Å². The predicted octanol–water partition coefficient (Wildman–Crippen LogP) is 2.64. The lowest BCUT2D eigenvalue weighted by atomic mass is 9.83. The van der Waals surface area contributed by atoms with E-state index in [0.717, 1.165) is 12.0 Å². The number of hydrogen-bond acceptors (Lipinski definition) is 2. The van der Waals surface area contributed by atoms with Gasteiger partial charge in [-0.25, -0.2) is 0 Å². The Morgan fingerprint density at radius 3 is 2.12 bits per heavy atom. The standard InChI is InChI=1S/C14H28N2/c1-4-16(5-2)14(10-6-7-11-14)13(15-3)12-8-9-12/h12-13,15H,4-11H2,1-3H3. The molecule has 2 aliphatic rings. The first-order chi connectivity index (χ1) is 7.78. The quantitative estimate of drug-likeness (QED) is 0.746. The second kappa shape index (κ2) is 5.05. The van der Waals surface area contributed by atoms with Gasteiger partial charge in [0, 0.05) is 11.6 Å². The Balaban J connectivity index is 2.18. The normalized spacial score (nSPS) is 26.2. The molecule has 0 bridgehead atoms. The van der Waals surface area contributed by atoms with Gasteiger partial charge in [0.05, 0.1) is 0 Å². The molecule has 16 heavy (non-hydrogen) atoms. The zero-order valence-electron chi connectivity index (χ0n) is 11.3. The molecule has 2 heteroatoms. The Morgan fingerprint density at radius 1 is 1.19 bits per heavy atom. The third-order valence-electron chi connectivity index (χ3n) is 4.85. The highest BCUT2D eigenvalue weighted by atomic mass is 15.2. The molecular formula is C14H28N2. The summed E-state index contributed by atoms with van der Waals surface area (Å²) < 4.78 is 0. The molecule has 0 heterocycles. The van der Waals surface area contributed by atoms with Crippen molar-refractivity contribution in [2.45, 2.75) is 64.0 Å². The van der Waals surface area contributed by atoms with Crippen LogP contribution in [0.2, 0.25) is 0 Å². The van der Waals surface area contributed by atoms with Crippen molar-refractivity contribution in [2.24, 2.45) is 5.92 Å². The molecule has 1 N–H and O–H groups in total. The maximum Gasteiger partial charge on any atom is 0.0364 e. The van der Waals surface area contributed by atoms with Crippen LogP contribution in [-0.4, -0.2) is 36.6 Å². The van der Waals surface area contributed by atoms with Crippen LogP contribution in [0.15, 0.2) is 0 Å². The minimum absolute atomic E-state index is 0.486. The summed E-state index contributed by atoms with van der Waals surface area (Å²) in [7, 11) is 2.17. The maximum atomic E-state index is 3.65. The van der Waals surface area contributed by atoms with Crippen LogP contribution in [0.3, 0.4) is 0 Å². The summed E-state index contributed by atoms with van der Waals surface area (Å²) in [6, 6.07) is 0.745. The van der Waals surface area contributed by atoms with Gasteiger partial charge in [0.15, 0.2) is 0 Å². The van der Waals surface area contributed by atoms with E-state index in [1.165, 1.54) is 51.6 Å². The summed E-state index contributed by atoms with van der Waals surface area (Å²) in [6.07, 6.45) is 8.60. The van der Waals surface area contributed by atoms with Crippen LogP contribution < -0.4 is 5.32 Å². The van der Waals surface area contributed by atoms with E-state index in [9.17, 15) is 0 Å². The molecule has 0 aromatic carbocycles. The molecule has 0 amide bonds. The minimum Gasteiger partial charge on any atom is -0.315 e. The van der Waals surface area contributed by atoms with Crippen molar-refractivity contribution in [3.05, 3.63) is 0 Å². The van der Waals surface area contributed by atoms with Crippen LogP contribution in [0.5, 0.6) is 0 Å². The molecular weight excluding hydrogens is 196 g/mol. The first-order valence-corrected chi connectivity index (χ1v) is 7.20. The van der Waals surface area contributed by atoms with E-state index in [1.807, 2.05) is 0 Å². The van der Waals surface area contributed by atoms with Crippen LogP contribution in [-0.2, 0) is 0 Å². The van der Waals surface area contributed by atoms with Crippen LogP contribution in [0.4, 0.5) is 0 Å². The Labute approximate surface area is 101 Å². The van der Waals surface area contributed by atoms with Gasteiger partial charge in [0.2, 0.25) is 0 Å². The first kappa shape index (κ1) is 12.4. The maximum absolute atomic E-state index is 3.65. The average Bonchev–Trinajstić information content (AvgIpc) is 3.00. The lowest BCUT2D eigenvalue weighted by molar-refractivity contribution is 0.0576. The Morgan fingerprint density at radius 2 is 1.75 bits per heavy atom. The molecule has 0 spiro atoms. The summed E-state index contributed by atoms with van der Waals surface area (Å²) in [5, 5.41) is 3.65. The number of rotatable bonds is 6. The summed E-state index contributed by atoms with van der Waals surface area (Å²) in [4.78, 5) is 2.74. The molecule has 0 radical (unpaired) electrons. The lowest BCUT2D eigenvalue weighted by Gasteiger charge is -2.46. The van der Waals surface area contributed by atoms with Gasteiger partial charge in [-0.1, -0.05) is 26.7 Å². The Kier molecular flexibility index (Phi) is 3.91. The molecule has 2 rings (SSSR count). The number of hydrogen-bond donors (Lipinski definition) is 1. The molecule has 2 saturated carbocycles. The Hall–Kier alpha value is -0.0800. The fourth-order valence-electron chi connectivity index (χ4n) is 4.04. The lowest BCUT2D eigenvalue weighted by Crippen LogP contribution is -2.60. The van der Waals surface area contributed by atoms with Crippen LogP contribution >= 0.6 is 0 Å². The molecule has 2 nitrogen and oxygen atoms in total. The van der Waals surface area contributed by atoms with Gasteiger partial charge in [-0.15, -0.1) is 0 Å². The van der Waals surface area contributed by atoms with E-state index in [1.54, 1.807) is 0 Å². The van der Waals surface area contributed by atoms with Crippen molar-refractivity contribution in [1.82, 2.24) is 10.2 Å². The van der Waals surface area contributed by atoms with Gasteiger partial charge in [0.1, 0.15) is 0 Å². The summed E-state index contributed by atoms with van der Waals surface area (Å²) in [6.45, 7) is 7.06. The van der Waals surface area contributed by atoms with Crippen molar-refractivity contribution in [3.63, 3.8) is 0 Å². The van der Waals surface area contributed by atoms with E-state index >= 15 is 0 Å². The van der Waals surface area contributed by atoms with E-state index in [0.29, 0.717) is 5.54 Å². The fraction of sp³-hybridized carbons (Fsp3) is 1.00. The molecule has 0 saturated heterocycles. The molecule has 1 unspecified atom stereocenters. The third-order valence-corrected chi connectivity index (χ3v) is 4.85. The summed E-state index contributed by atoms with van der Waals surface area (Å²) >= 11 is 0. The van der Waals surface area contributed by atoms with Gasteiger partial charge in [-0.05, 0) is 51.7 Å². The molecule has 2 aliphatic carbocycles. The second-order valence-corrected chi connectivity index (χ2v) is 5.59. The number of nitrogens with zero attached hydrogens (tertiary/aromatic N) is 1. The van der Waals surface area contributed by atoms with Crippen molar-refractivity contribution >= 4 is 0 Å². The zero-order valence-corrected chi connectivity index (χ0v) is 11.3. The SMILES string of the molecule is CCN(CC)C1(C(NC)C2CC2)CCCC1. The van der Waals surface area contributed by atoms with Gasteiger partial charge >= 0.3 is 0 Å². The monoisotopic (exact) mass is 224 g/mol. The minimum atomic E-state index is 0.486. The van der Waals surface area contributed by atoms with E-state index in [-0.39, 0.29) is 0 Å². The van der Waals surface area contributed by atoms with Gasteiger partial charge < -0.3 is 5.32 Å². The summed E-state index contributed by atoms with van der Waals surface area (Å²) in [5.74, 6) is 0.962. The van der Waals surface area contributed by atoms with E-state index in [4.69, 9.17) is 0 Å². The predicted molar refractivity (Wildman–Crippen MR) is 69.7 cm³/mol. The van der Waals surface area contributed by atoms with Crippen LogP contribution in [0.25, 0.3) is 0 Å². The molecule has 94 valence electrons. The van der Waals surface area contributed by atoms with Crippen LogP contribution in [0.1, 0.15) is 52.4 Å². The van der Waals surface area contributed by atoms with Gasteiger partial charge in [-0.3, -0.25) is 4.90 Å². The third kappa shape index (κ3) is 2.02. The highest BCUT2D eigenvalue weighted by Crippen LogP contribution is 2.46. The zero-order chi connectivity index (χ0) is 11.6. The van der Waals surface area contributed by atoms with Gasteiger partial charge in [-0.2, -0.15) is 0 Å². The molecule has 0 aromatic heterocycles. The largest absolute Gasteiger partial charge is 0.315 e. The van der Waals surface area contributed by atoms with Crippen LogP contribution in [0, 0.1) is 5.92 Å². The number of likely N-dealkylation sites (N-methyl/N-ethyl adjacent to an activating group) is 2. The smallest absolute Gasteiger partial charge is 0.0364 e. The van der Waals surface area contributed by atoms with Crippen molar-refractivity contribution in [1.29, 1.82) is 0 Å². The molecule has 0 aromatic rings. The Bertz CT molecular complexity index is 213. The van der Waals surface area contributed by atoms with E-state index < -0.39 is 0 Å². The average molecular weight is 224 g/mol. The summed E-state index contributed by atoms with van der Waals surface area (Å²) in [5.41, 5.74) is 0.486. The number of nitrogens with one attached hydrogen (secondary N) is 1. The van der Waals surface area contributed by atoms with E-state index in [2.05, 4.69) is 31.1 Å². The first-order valence-electron chi connectivity index (χ1n) is 7.20. The van der Waals surface area contributed by atoms with Crippen molar-refractivity contribution < 1.29 is 0 Å². The van der Waals surface area contributed by atoms with Crippen molar-refractivity contribution in [2.75, 3.05) is 20.1 Å². The molecule has 0 aliphatic heterocycles. The highest BCUT2D eigenvalue weighted by Gasteiger charge is 2.49. The topological polar surface area (TPSA) is 15.3 Å².